The van der Waals surface area contributed by atoms with Gasteiger partial charge in [0.2, 0.25) is 0 Å². The molecule has 1 heterocycles. The number of nitrogens with zero attached hydrogens (tertiary/aromatic N) is 2. The number of rotatable bonds is 6. The second-order valence-corrected chi connectivity index (χ2v) is 5.85. The van der Waals surface area contributed by atoms with Gasteiger partial charge in [-0.3, -0.25) is 4.79 Å². The molecule has 0 fully saturated rings. The van der Waals surface area contributed by atoms with Crippen LogP contribution in [0.2, 0.25) is 0 Å². The number of aromatic nitrogens is 2. The summed E-state index contributed by atoms with van der Waals surface area (Å²) >= 11 is 0. The predicted octanol–water partition coefficient (Wildman–Crippen LogP) is 0.260. The lowest BCUT2D eigenvalue weighted by Crippen LogP contribution is -2.33. The summed E-state index contributed by atoms with van der Waals surface area (Å²) in [5.41, 5.74) is 0. The van der Waals surface area contributed by atoms with Crippen LogP contribution in [-0.2, 0) is 21.9 Å². The Balaban J connectivity index is 2.73. The molecule has 1 unspecified atom stereocenters. The van der Waals surface area contributed by atoms with Gasteiger partial charge in [-0.2, -0.15) is 0 Å². The van der Waals surface area contributed by atoms with Crippen molar-refractivity contribution in [2.45, 2.75) is 37.8 Å². The van der Waals surface area contributed by atoms with Crippen LogP contribution in [0.5, 0.6) is 0 Å². The Bertz CT molecular complexity index is 516. The smallest absolute Gasteiger partial charge is 0.303 e. The van der Waals surface area contributed by atoms with Crippen LogP contribution < -0.4 is 4.72 Å². The monoisotopic (exact) mass is 275 g/mol. The van der Waals surface area contributed by atoms with Gasteiger partial charge >= 0.3 is 5.97 Å². The number of aryl methyl sites for hydroxylation is 2. The van der Waals surface area contributed by atoms with Crippen molar-refractivity contribution in [3.63, 3.8) is 0 Å². The van der Waals surface area contributed by atoms with Crippen molar-refractivity contribution in [2.24, 2.45) is 7.05 Å². The van der Waals surface area contributed by atoms with Crippen molar-refractivity contribution in [2.75, 3.05) is 0 Å². The number of nitrogens with one attached hydrogen (secondary N) is 1. The summed E-state index contributed by atoms with van der Waals surface area (Å²) in [4.78, 5) is 14.3. The molecular formula is C10H17N3O4S. The molecule has 7 nitrogen and oxygen atoms in total. The number of carboxylic acid groups (broad SMARTS) is 1. The van der Waals surface area contributed by atoms with Gasteiger partial charge in [0.15, 0.2) is 5.03 Å². The number of carboxylic acids is 1. The predicted molar refractivity (Wildman–Crippen MR) is 64.6 cm³/mol. The van der Waals surface area contributed by atoms with Gasteiger partial charge < -0.3 is 9.67 Å². The van der Waals surface area contributed by atoms with E-state index in [9.17, 15) is 13.2 Å². The molecule has 0 aliphatic carbocycles. The van der Waals surface area contributed by atoms with E-state index in [1.54, 1.807) is 25.5 Å². The fraction of sp³-hybridized carbons (Fsp3) is 0.600. The number of hydrogen-bond acceptors (Lipinski definition) is 4. The molecule has 1 atom stereocenters. The number of carbonyl (C=O) groups is 1. The molecule has 1 rings (SSSR count). The van der Waals surface area contributed by atoms with Crippen molar-refractivity contribution < 1.29 is 18.3 Å². The molecule has 1 aromatic heterocycles. The van der Waals surface area contributed by atoms with Gasteiger partial charge in [-0.15, -0.1) is 0 Å². The minimum absolute atomic E-state index is 0.0512. The first-order valence-corrected chi connectivity index (χ1v) is 6.95. The quantitative estimate of drug-likeness (QED) is 0.775. The highest BCUT2D eigenvalue weighted by Gasteiger charge is 2.21. The second-order valence-electron chi connectivity index (χ2n) is 4.19. The van der Waals surface area contributed by atoms with Crippen molar-refractivity contribution in [3.8, 4) is 0 Å². The third-order valence-corrected chi connectivity index (χ3v) is 3.97. The molecule has 0 spiro atoms. The fourth-order valence-corrected chi connectivity index (χ4v) is 2.70. The van der Waals surface area contributed by atoms with Gasteiger partial charge in [0.1, 0.15) is 5.82 Å². The minimum Gasteiger partial charge on any atom is -0.481 e. The van der Waals surface area contributed by atoms with Crippen LogP contribution in [0, 0.1) is 6.92 Å². The van der Waals surface area contributed by atoms with E-state index in [1.165, 1.54) is 6.20 Å². The zero-order valence-electron chi connectivity index (χ0n) is 10.5. The van der Waals surface area contributed by atoms with Gasteiger partial charge in [0.25, 0.3) is 10.0 Å². The molecule has 0 radical (unpaired) electrons. The van der Waals surface area contributed by atoms with E-state index in [0.29, 0.717) is 5.82 Å². The van der Waals surface area contributed by atoms with Gasteiger partial charge in [-0.25, -0.2) is 18.1 Å². The fourth-order valence-electron chi connectivity index (χ4n) is 1.38. The van der Waals surface area contributed by atoms with Crippen molar-refractivity contribution >= 4 is 16.0 Å². The first kappa shape index (κ1) is 14.7. The zero-order valence-corrected chi connectivity index (χ0v) is 11.4. The molecule has 102 valence electrons. The Kier molecular flexibility index (Phi) is 4.47. The highest BCUT2D eigenvalue weighted by atomic mass is 32.2. The molecule has 0 saturated heterocycles. The summed E-state index contributed by atoms with van der Waals surface area (Å²) in [6, 6.07) is -0.451. The standard InChI is InChI=1S/C10H17N3O4S/c1-7(4-5-10(14)15)12-18(16,17)9-6-13(3)8(2)11-9/h6-7,12H,4-5H2,1-3H3,(H,14,15). The zero-order chi connectivity index (χ0) is 13.9. The SMILES string of the molecule is Cc1nc(S(=O)(=O)NC(C)CCC(=O)O)cn1C. The molecule has 0 aliphatic rings. The summed E-state index contributed by atoms with van der Waals surface area (Å²) in [6.07, 6.45) is 1.58. The van der Waals surface area contributed by atoms with Crippen LogP contribution in [0.25, 0.3) is 0 Å². The number of aliphatic carboxylic acids is 1. The van der Waals surface area contributed by atoms with Crippen LogP contribution in [0.4, 0.5) is 0 Å². The molecule has 18 heavy (non-hydrogen) atoms. The Morgan fingerprint density at radius 1 is 1.61 bits per heavy atom. The maximum absolute atomic E-state index is 11.9. The molecule has 0 aliphatic heterocycles. The average molecular weight is 275 g/mol. The molecule has 1 aromatic rings. The van der Waals surface area contributed by atoms with E-state index >= 15 is 0 Å². The normalized spacial score (nSPS) is 13.5. The average Bonchev–Trinajstić information content (AvgIpc) is 2.56. The molecule has 0 bridgehead atoms. The molecule has 0 amide bonds. The van der Waals surface area contributed by atoms with Gasteiger partial charge in [-0.1, -0.05) is 0 Å². The minimum atomic E-state index is -3.68. The Labute approximate surface area is 106 Å². The summed E-state index contributed by atoms with van der Waals surface area (Å²) in [7, 11) is -1.98. The lowest BCUT2D eigenvalue weighted by Gasteiger charge is -2.11. The first-order chi connectivity index (χ1) is 8.22. The second kappa shape index (κ2) is 5.49. The van der Waals surface area contributed by atoms with Crippen LogP contribution in [0.3, 0.4) is 0 Å². The van der Waals surface area contributed by atoms with Crippen LogP contribution >= 0.6 is 0 Å². The lowest BCUT2D eigenvalue weighted by atomic mass is 10.2. The molecular weight excluding hydrogens is 258 g/mol. The molecule has 0 saturated carbocycles. The van der Waals surface area contributed by atoms with Crippen LogP contribution in [0.1, 0.15) is 25.6 Å². The highest BCUT2D eigenvalue weighted by molar-refractivity contribution is 7.89. The van der Waals surface area contributed by atoms with Crippen LogP contribution in [-0.4, -0.2) is 35.1 Å². The number of imidazole rings is 1. The lowest BCUT2D eigenvalue weighted by molar-refractivity contribution is -0.137. The van der Waals surface area contributed by atoms with Gasteiger partial charge in [0.05, 0.1) is 0 Å². The number of hydrogen-bond donors (Lipinski definition) is 2. The molecule has 8 heteroatoms. The Hall–Kier alpha value is -1.41. The largest absolute Gasteiger partial charge is 0.481 e. The first-order valence-electron chi connectivity index (χ1n) is 5.46. The summed E-state index contributed by atoms with van der Waals surface area (Å²) in [5.74, 6) is -0.358. The van der Waals surface area contributed by atoms with Gasteiger partial charge in [0, 0.05) is 25.7 Å². The van der Waals surface area contributed by atoms with Gasteiger partial charge in [-0.05, 0) is 20.3 Å². The van der Waals surface area contributed by atoms with Crippen LogP contribution in [0.15, 0.2) is 11.2 Å². The van der Waals surface area contributed by atoms with E-state index in [0.717, 1.165) is 0 Å². The topological polar surface area (TPSA) is 101 Å². The third-order valence-electron chi connectivity index (χ3n) is 2.51. The van der Waals surface area contributed by atoms with E-state index in [2.05, 4.69) is 9.71 Å². The van der Waals surface area contributed by atoms with E-state index in [-0.39, 0.29) is 17.9 Å². The van der Waals surface area contributed by atoms with E-state index in [1.807, 2.05) is 0 Å². The summed E-state index contributed by atoms with van der Waals surface area (Å²) in [6.45, 7) is 3.32. The van der Waals surface area contributed by atoms with E-state index < -0.39 is 22.0 Å². The van der Waals surface area contributed by atoms with E-state index in [4.69, 9.17) is 5.11 Å². The van der Waals surface area contributed by atoms with Crippen molar-refractivity contribution in [1.82, 2.24) is 14.3 Å². The Morgan fingerprint density at radius 2 is 2.22 bits per heavy atom. The number of sulfonamides is 1. The van der Waals surface area contributed by atoms with Crippen molar-refractivity contribution in [3.05, 3.63) is 12.0 Å². The Morgan fingerprint density at radius 3 is 2.67 bits per heavy atom. The maximum atomic E-state index is 11.9. The maximum Gasteiger partial charge on any atom is 0.303 e. The van der Waals surface area contributed by atoms with Crippen molar-refractivity contribution in [1.29, 1.82) is 0 Å². The molecule has 2 N–H and O–H groups in total. The third kappa shape index (κ3) is 3.81. The molecule has 0 aromatic carbocycles. The summed E-state index contributed by atoms with van der Waals surface area (Å²) < 4.78 is 27.8. The highest BCUT2D eigenvalue weighted by Crippen LogP contribution is 2.09. The summed E-state index contributed by atoms with van der Waals surface area (Å²) in [5, 5.41) is 8.47.